The quantitative estimate of drug-likeness (QED) is 0.695. The first-order valence-electron chi connectivity index (χ1n) is 8.52. The number of benzene rings is 2. The van der Waals surface area contributed by atoms with Gasteiger partial charge in [0.2, 0.25) is 0 Å². The minimum Gasteiger partial charge on any atom is -0.497 e. The molecule has 7 heteroatoms. The van der Waals surface area contributed by atoms with Gasteiger partial charge in [0.25, 0.3) is 5.91 Å². The van der Waals surface area contributed by atoms with E-state index in [0.29, 0.717) is 46.7 Å². The molecule has 0 heterocycles. The molecule has 0 aliphatic heterocycles. The van der Waals surface area contributed by atoms with Gasteiger partial charge < -0.3 is 24.3 Å². The van der Waals surface area contributed by atoms with E-state index in [1.807, 2.05) is 19.1 Å². The van der Waals surface area contributed by atoms with Gasteiger partial charge in [-0.2, -0.15) is 0 Å². The van der Waals surface area contributed by atoms with Gasteiger partial charge in [-0.1, -0.05) is 18.5 Å². The van der Waals surface area contributed by atoms with Crippen LogP contribution in [0.5, 0.6) is 23.0 Å². The summed E-state index contributed by atoms with van der Waals surface area (Å²) < 4.78 is 21.4. The third-order valence-corrected chi connectivity index (χ3v) is 4.09. The number of carbonyl (C=O) groups is 1. The van der Waals surface area contributed by atoms with Crippen molar-refractivity contribution in [2.24, 2.45) is 0 Å². The van der Waals surface area contributed by atoms with Crippen molar-refractivity contribution in [2.45, 2.75) is 19.9 Å². The van der Waals surface area contributed by atoms with Crippen LogP contribution in [0.3, 0.4) is 0 Å². The Morgan fingerprint density at radius 2 is 1.67 bits per heavy atom. The van der Waals surface area contributed by atoms with Crippen LogP contribution in [-0.2, 0) is 6.54 Å². The summed E-state index contributed by atoms with van der Waals surface area (Å²) in [5, 5.41) is 3.18. The van der Waals surface area contributed by atoms with Crippen LogP contribution in [0.1, 0.15) is 29.3 Å². The number of carbonyl (C=O) groups excluding carboxylic acids is 1. The number of ether oxygens (including phenoxy) is 4. The Labute approximate surface area is 164 Å². The first kappa shape index (κ1) is 20.7. The van der Waals surface area contributed by atoms with Crippen LogP contribution in [0.2, 0.25) is 5.02 Å². The number of rotatable bonds is 9. The Morgan fingerprint density at radius 3 is 2.22 bits per heavy atom. The van der Waals surface area contributed by atoms with Gasteiger partial charge in [-0.3, -0.25) is 4.79 Å². The zero-order valence-corrected chi connectivity index (χ0v) is 16.7. The Hall–Kier alpha value is -2.60. The molecule has 27 heavy (non-hydrogen) atoms. The molecule has 1 N–H and O–H groups in total. The Bertz CT molecular complexity index is 772. The summed E-state index contributed by atoms with van der Waals surface area (Å²) in [6, 6.07) is 8.61. The Kier molecular flexibility index (Phi) is 7.61. The maximum Gasteiger partial charge on any atom is 0.251 e. The summed E-state index contributed by atoms with van der Waals surface area (Å²) in [6.07, 6.45) is 0.839. The molecule has 6 nitrogen and oxygen atoms in total. The molecular weight excluding hydrogens is 370 g/mol. The third-order valence-electron chi connectivity index (χ3n) is 3.81. The fourth-order valence-corrected chi connectivity index (χ4v) is 2.71. The largest absolute Gasteiger partial charge is 0.497 e. The van der Waals surface area contributed by atoms with E-state index in [0.717, 1.165) is 12.0 Å². The van der Waals surface area contributed by atoms with E-state index in [1.165, 1.54) is 7.11 Å². The lowest BCUT2D eigenvalue weighted by Crippen LogP contribution is -2.23. The number of nitrogens with one attached hydrogen (secondary N) is 1. The molecule has 0 saturated carbocycles. The van der Waals surface area contributed by atoms with Crippen molar-refractivity contribution < 1.29 is 23.7 Å². The van der Waals surface area contributed by atoms with Gasteiger partial charge in [-0.05, 0) is 36.2 Å². The fraction of sp³-hybridized carbons (Fsp3) is 0.350. The number of hydrogen-bond donors (Lipinski definition) is 1. The highest BCUT2D eigenvalue weighted by molar-refractivity contribution is 6.32. The van der Waals surface area contributed by atoms with E-state index in [2.05, 4.69) is 5.32 Å². The average molecular weight is 394 g/mol. The molecule has 0 saturated heterocycles. The summed E-state index contributed by atoms with van der Waals surface area (Å²) in [7, 11) is 4.66. The van der Waals surface area contributed by atoms with Crippen LogP contribution >= 0.6 is 11.6 Å². The molecule has 0 atom stereocenters. The predicted octanol–water partition coefficient (Wildman–Crippen LogP) is 4.08. The van der Waals surface area contributed by atoms with E-state index in [-0.39, 0.29) is 5.91 Å². The zero-order chi connectivity index (χ0) is 19.8. The second-order valence-electron chi connectivity index (χ2n) is 5.74. The van der Waals surface area contributed by atoms with E-state index in [4.69, 9.17) is 30.5 Å². The van der Waals surface area contributed by atoms with Gasteiger partial charge in [0.15, 0.2) is 11.5 Å². The Balaban J connectivity index is 2.15. The molecule has 0 aromatic heterocycles. The molecule has 2 rings (SSSR count). The second-order valence-corrected chi connectivity index (χ2v) is 6.15. The van der Waals surface area contributed by atoms with E-state index in [1.54, 1.807) is 32.4 Å². The maximum absolute atomic E-state index is 12.5. The molecule has 0 aliphatic carbocycles. The van der Waals surface area contributed by atoms with Crippen molar-refractivity contribution in [1.82, 2.24) is 5.32 Å². The minimum absolute atomic E-state index is 0.279. The lowest BCUT2D eigenvalue weighted by molar-refractivity contribution is 0.0950. The lowest BCUT2D eigenvalue weighted by Gasteiger charge is -2.14. The SMILES string of the molecule is CCCOc1c(Cl)cc(C(=O)NCc2cc(OC)cc(OC)c2)cc1OC. The highest BCUT2D eigenvalue weighted by Gasteiger charge is 2.16. The molecule has 0 fully saturated rings. The summed E-state index contributed by atoms with van der Waals surface area (Å²) in [6.45, 7) is 2.81. The van der Waals surface area contributed by atoms with Crippen molar-refractivity contribution in [3.05, 3.63) is 46.5 Å². The molecule has 0 aliphatic rings. The van der Waals surface area contributed by atoms with E-state index < -0.39 is 0 Å². The van der Waals surface area contributed by atoms with Crippen molar-refractivity contribution in [3.8, 4) is 23.0 Å². The fourth-order valence-electron chi connectivity index (χ4n) is 2.45. The number of halogens is 1. The second kappa shape index (κ2) is 9.92. The molecule has 0 spiro atoms. The van der Waals surface area contributed by atoms with Crippen LogP contribution in [-0.4, -0.2) is 33.8 Å². The van der Waals surface area contributed by atoms with E-state index >= 15 is 0 Å². The molecule has 2 aromatic carbocycles. The topological polar surface area (TPSA) is 66.0 Å². The molecular formula is C20H24ClNO5. The van der Waals surface area contributed by atoms with Gasteiger partial charge in [0, 0.05) is 18.2 Å². The summed E-state index contributed by atoms with van der Waals surface area (Å²) in [5.74, 6) is 1.89. The van der Waals surface area contributed by atoms with Crippen LogP contribution in [0.25, 0.3) is 0 Å². The first-order chi connectivity index (χ1) is 13.0. The summed E-state index contributed by atoms with van der Waals surface area (Å²) >= 11 is 6.27. The highest BCUT2D eigenvalue weighted by atomic mass is 35.5. The van der Waals surface area contributed by atoms with Crippen molar-refractivity contribution in [3.63, 3.8) is 0 Å². The lowest BCUT2D eigenvalue weighted by atomic mass is 10.1. The summed E-state index contributed by atoms with van der Waals surface area (Å²) in [5.41, 5.74) is 1.23. The van der Waals surface area contributed by atoms with Gasteiger partial charge in [0.1, 0.15) is 11.5 Å². The first-order valence-corrected chi connectivity index (χ1v) is 8.90. The van der Waals surface area contributed by atoms with Gasteiger partial charge in [0.05, 0.1) is 33.0 Å². The van der Waals surface area contributed by atoms with Crippen LogP contribution in [0.15, 0.2) is 30.3 Å². The van der Waals surface area contributed by atoms with Crippen molar-refractivity contribution in [1.29, 1.82) is 0 Å². The maximum atomic E-state index is 12.5. The van der Waals surface area contributed by atoms with Crippen LogP contribution in [0, 0.1) is 0 Å². The predicted molar refractivity (Wildman–Crippen MR) is 105 cm³/mol. The van der Waals surface area contributed by atoms with Gasteiger partial charge in [-0.15, -0.1) is 0 Å². The third kappa shape index (κ3) is 5.44. The van der Waals surface area contributed by atoms with E-state index in [9.17, 15) is 4.79 Å². The molecule has 1 amide bonds. The van der Waals surface area contributed by atoms with Gasteiger partial charge in [-0.25, -0.2) is 0 Å². The van der Waals surface area contributed by atoms with Gasteiger partial charge >= 0.3 is 0 Å². The smallest absolute Gasteiger partial charge is 0.251 e. The van der Waals surface area contributed by atoms with Crippen LogP contribution in [0.4, 0.5) is 0 Å². The molecule has 146 valence electrons. The van der Waals surface area contributed by atoms with Crippen molar-refractivity contribution >= 4 is 17.5 Å². The minimum atomic E-state index is -0.279. The molecule has 2 aromatic rings. The monoisotopic (exact) mass is 393 g/mol. The normalized spacial score (nSPS) is 10.3. The summed E-state index contributed by atoms with van der Waals surface area (Å²) in [4.78, 5) is 12.5. The molecule has 0 unspecified atom stereocenters. The molecule has 0 radical (unpaired) electrons. The zero-order valence-electron chi connectivity index (χ0n) is 15.9. The average Bonchev–Trinajstić information content (AvgIpc) is 2.70. The molecule has 0 bridgehead atoms. The Morgan fingerprint density at radius 1 is 1.00 bits per heavy atom. The highest BCUT2D eigenvalue weighted by Crippen LogP contribution is 2.36. The van der Waals surface area contributed by atoms with Crippen molar-refractivity contribution in [2.75, 3.05) is 27.9 Å². The standard InChI is InChI=1S/C20H24ClNO5/c1-5-6-27-19-17(21)9-14(10-18(19)26-4)20(23)22-12-13-7-15(24-2)11-16(8-13)25-3/h7-11H,5-6,12H2,1-4H3,(H,22,23). The van der Waals surface area contributed by atoms with Crippen LogP contribution < -0.4 is 24.3 Å². The number of amides is 1. The number of hydrogen-bond acceptors (Lipinski definition) is 5. The number of methoxy groups -OCH3 is 3.